The molecule has 27 heavy (non-hydrogen) atoms. The molecule has 2 bridgehead atoms. The Hall–Kier alpha value is -2.25. The molecule has 4 fully saturated rings. The van der Waals surface area contributed by atoms with E-state index in [4.69, 9.17) is 0 Å². The molecule has 1 aromatic carbocycles. The molecule has 0 aromatic heterocycles. The lowest BCUT2D eigenvalue weighted by atomic mass is 9.73. The standard InChI is InChI=1S/C20H24N4O3/c25-16-5-4-15(18(26)23-16)24-10-14-3-1-2-13(17(14)19(24)27)9-21-11-20-6-12(7-20)8-22-20/h1-3,12,15,21-22H,4-11H2,(H,23,25,26). The number of piperidine rings is 1. The normalized spacial score (nSPS) is 31.7. The fraction of sp³-hybridized carbons (Fsp3) is 0.550. The quantitative estimate of drug-likeness (QED) is 0.650. The molecule has 4 aliphatic heterocycles. The van der Waals surface area contributed by atoms with Gasteiger partial charge in [0.2, 0.25) is 11.8 Å². The van der Waals surface area contributed by atoms with Crippen LogP contribution in [0.4, 0.5) is 0 Å². The Kier molecular flexibility index (Phi) is 3.84. The first kappa shape index (κ1) is 16.9. The maximum Gasteiger partial charge on any atom is 0.255 e. The fourth-order valence-corrected chi connectivity index (χ4v) is 5.18. The zero-order chi connectivity index (χ0) is 18.6. The van der Waals surface area contributed by atoms with Gasteiger partial charge in [0.05, 0.1) is 0 Å². The van der Waals surface area contributed by atoms with Gasteiger partial charge in [-0.1, -0.05) is 18.2 Å². The van der Waals surface area contributed by atoms with Gasteiger partial charge in [-0.3, -0.25) is 19.7 Å². The summed E-state index contributed by atoms with van der Waals surface area (Å²) in [6.45, 7) is 3.12. The molecule has 1 saturated carbocycles. The molecule has 3 amide bonds. The molecule has 0 radical (unpaired) electrons. The van der Waals surface area contributed by atoms with E-state index < -0.39 is 6.04 Å². The van der Waals surface area contributed by atoms with Crippen LogP contribution in [0, 0.1) is 5.92 Å². The molecule has 142 valence electrons. The smallest absolute Gasteiger partial charge is 0.255 e. The molecule has 3 N–H and O–H groups in total. The predicted molar refractivity (Wildman–Crippen MR) is 97.7 cm³/mol. The molecular weight excluding hydrogens is 344 g/mol. The molecule has 0 spiro atoms. The van der Waals surface area contributed by atoms with E-state index in [9.17, 15) is 14.4 Å². The monoisotopic (exact) mass is 368 g/mol. The Morgan fingerprint density at radius 3 is 2.81 bits per heavy atom. The highest BCUT2D eigenvalue weighted by Crippen LogP contribution is 2.43. The topological polar surface area (TPSA) is 90.5 Å². The number of benzene rings is 1. The van der Waals surface area contributed by atoms with Crippen LogP contribution in [0.15, 0.2) is 18.2 Å². The van der Waals surface area contributed by atoms with E-state index in [1.54, 1.807) is 4.90 Å². The number of carbonyl (C=O) groups is 3. The van der Waals surface area contributed by atoms with E-state index in [1.807, 2.05) is 18.2 Å². The van der Waals surface area contributed by atoms with Gasteiger partial charge < -0.3 is 15.5 Å². The number of fused-ring (bicyclic) bond motifs is 2. The largest absolute Gasteiger partial charge is 0.322 e. The minimum atomic E-state index is -0.558. The second-order valence-corrected chi connectivity index (χ2v) is 8.39. The molecule has 3 saturated heterocycles. The van der Waals surface area contributed by atoms with Gasteiger partial charge in [-0.15, -0.1) is 0 Å². The average Bonchev–Trinajstić information content (AvgIpc) is 3.29. The van der Waals surface area contributed by atoms with Gasteiger partial charge in [0.1, 0.15) is 6.04 Å². The molecule has 7 nitrogen and oxygen atoms in total. The maximum atomic E-state index is 13.1. The second-order valence-electron chi connectivity index (χ2n) is 8.39. The van der Waals surface area contributed by atoms with Crippen molar-refractivity contribution in [2.45, 2.75) is 50.4 Å². The van der Waals surface area contributed by atoms with Crippen molar-refractivity contribution in [1.29, 1.82) is 0 Å². The van der Waals surface area contributed by atoms with Gasteiger partial charge in [-0.05, 0) is 42.9 Å². The third-order valence-corrected chi connectivity index (χ3v) is 6.54. The Morgan fingerprint density at radius 2 is 2.07 bits per heavy atom. The Morgan fingerprint density at radius 1 is 1.22 bits per heavy atom. The highest BCUT2D eigenvalue weighted by Gasteiger charge is 2.49. The number of imide groups is 1. The predicted octanol–water partition coefficient (Wildman–Crippen LogP) is 0.289. The summed E-state index contributed by atoms with van der Waals surface area (Å²) in [6.07, 6.45) is 3.17. The van der Waals surface area contributed by atoms with Crippen LogP contribution in [-0.2, 0) is 22.7 Å². The van der Waals surface area contributed by atoms with Gasteiger partial charge in [0.15, 0.2) is 0 Å². The van der Waals surface area contributed by atoms with Gasteiger partial charge in [0, 0.05) is 37.2 Å². The first-order valence-corrected chi connectivity index (χ1v) is 9.76. The third-order valence-electron chi connectivity index (χ3n) is 6.54. The Bertz CT molecular complexity index is 825. The minimum Gasteiger partial charge on any atom is -0.322 e. The van der Waals surface area contributed by atoms with Crippen molar-refractivity contribution in [3.05, 3.63) is 34.9 Å². The van der Waals surface area contributed by atoms with Crippen molar-refractivity contribution in [2.24, 2.45) is 5.92 Å². The lowest BCUT2D eigenvalue weighted by Crippen LogP contribution is -2.52. The first-order valence-electron chi connectivity index (χ1n) is 9.76. The van der Waals surface area contributed by atoms with Crippen LogP contribution in [0.3, 0.4) is 0 Å². The number of carbonyl (C=O) groups excluding carboxylic acids is 3. The molecule has 7 heteroatoms. The number of hydrogen-bond donors (Lipinski definition) is 3. The Labute approximate surface area is 157 Å². The van der Waals surface area contributed by atoms with E-state index in [-0.39, 0.29) is 29.7 Å². The summed E-state index contributed by atoms with van der Waals surface area (Å²) in [7, 11) is 0. The van der Waals surface area contributed by atoms with Crippen LogP contribution in [-0.4, -0.2) is 47.3 Å². The lowest BCUT2D eigenvalue weighted by molar-refractivity contribution is -0.136. The van der Waals surface area contributed by atoms with Gasteiger partial charge in [-0.2, -0.15) is 0 Å². The molecular formula is C20H24N4O3. The van der Waals surface area contributed by atoms with Crippen LogP contribution in [0.1, 0.15) is 47.2 Å². The van der Waals surface area contributed by atoms with Crippen LogP contribution in [0.5, 0.6) is 0 Å². The third kappa shape index (κ3) is 2.76. The van der Waals surface area contributed by atoms with Crippen molar-refractivity contribution in [2.75, 3.05) is 13.1 Å². The summed E-state index contributed by atoms with van der Waals surface area (Å²) >= 11 is 0. The zero-order valence-corrected chi connectivity index (χ0v) is 15.2. The molecule has 4 heterocycles. The maximum absolute atomic E-state index is 13.1. The summed E-state index contributed by atoms with van der Waals surface area (Å²) in [5.74, 6) is 0.121. The number of nitrogens with zero attached hydrogens (tertiary/aromatic N) is 1. The molecule has 1 aromatic rings. The van der Waals surface area contributed by atoms with Crippen LogP contribution < -0.4 is 16.0 Å². The van der Waals surface area contributed by atoms with E-state index in [0.29, 0.717) is 19.5 Å². The summed E-state index contributed by atoms with van der Waals surface area (Å²) in [5.41, 5.74) is 2.92. The average molecular weight is 368 g/mol. The number of nitrogens with one attached hydrogen (secondary N) is 3. The first-order chi connectivity index (χ1) is 13.0. The number of amides is 3. The zero-order valence-electron chi connectivity index (χ0n) is 15.2. The number of hydrogen-bond acceptors (Lipinski definition) is 5. The fourth-order valence-electron chi connectivity index (χ4n) is 5.18. The van der Waals surface area contributed by atoms with Crippen molar-refractivity contribution in [3.63, 3.8) is 0 Å². The minimum absolute atomic E-state index is 0.0993. The molecule has 1 aliphatic carbocycles. The van der Waals surface area contributed by atoms with E-state index in [1.165, 1.54) is 12.8 Å². The molecule has 6 rings (SSSR count). The van der Waals surface area contributed by atoms with Gasteiger partial charge >= 0.3 is 0 Å². The number of rotatable bonds is 5. The van der Waals surface area contributed by atoms with Gasteiger partial charge in [0.25, 0.3) is 5.91 Å². The van der Waals surface area contributed by atoms with E-state index >= 15 is 0 Å². The van der Waals surface area contributed by atoms with Crippen molar-refractivity contribution < 1.29 is 14.4 Å². The summed E-state index contributed by atoms with van der Waals surface area (Å²) < 4.78 is 0. The summed E-state index contributed by atoms with van der Waals surface area (Å²) in [6, 6.07) is 5.36. The van der Waals surface area contributed by atoms with Crippen LogP contribution in [0.2, 0.25) is 0 Å². The summed E-state index contributed by atoms with van der Waals surface area (Å²) in [5, 5.41) is 9.48. The van der Waals surface area contributed by atoms with Gasteiger partial charge in [-0.25, -0.2) is 0 Å². The second kappa shape index (κ2) is 6.14. The molecule has 5 aliphatic rings. The summed E-state index contributed by atoms with van der Waals surface area (Å²) in [4.78, 5) is 38.3. The van der Waals surface area contributed by atoms with Crippen molar-refractivity contribution >= 4 is 17.7 Å². The van der Waals surface area contributed by atoms with Crippen LogP contribution >= 0.6 is 0 Å². The van der Waals surface area contributed by atoms with E-state index in [2.05, 4.69) is 16.0 Å². The SMILES string of the molecule is O=C1CCC(N2Cc3cccc(CNCC45CC(CN4)C5)c3C2=O)C(=O)N1. The highest BCUT2D eigenvalue weighted by molar-refractivity contribution is 6.05. The molecule has 1 unspecified atom stereocenters. The lowest BCUT2D eigenvalue weighted by Gasteiger charge is -2.37. The Balaban J connectivity index is 1.29. The van der Waals surface area contributed by atoms with Crippen molar-refractivity contribution in [1.82, 2.24) is 20.9 Å². The molecule has 1 atom stereocenters. The van der Waals surface area contributed by atoms with E-state index in [0.717, 1.165) is 35.7 Å². The highest BCUT2D eigenvalue weighted by atomic mass is 16.2. The van der Waals surface area contributed by atoms with Crippen LogP contribution in [0.25, 0.3) is 0 Å². The van der Waals surface area contributed by atoms with Crippen molar-refractivity contribution in [3.8, 4) is 0 Å².